The van der Waals surface area contributed by atoms with Gasteiger partial charge in [0.15, 0.2) is 5.82 Å². The Morgan fingerprint density at radius 1 is 1.45 bits per heavy atom. The zero-order valence-corrected chi connectivity index (χ0v) is 11.6. The minimum absolute atomic E-state index is 0.0265. The summed E-state index contributed by atoms with van der Waals surface area (Å²) in [4.78, 5) is 16.0. The van der Waals surface area contributed by atoms with Gasteiger partial charge >= 0.3 is 0 Å². The van der Waals surface area contributed by atoms with E-state index in [1.165, 1.54) is 0 Å². The molecule has 6 nitrogen and oxygen atoms in total. The van der Waals surface area contributed by atoms with E-state index < -0.39 is 0 Å². The van der Waals surface area contributed by atoms with Crippen molar-refractivity contribution in [1.82, 2.24) is 15.5 Å². The van der Waals surface area contributed by atoms with Gasteiger partial charge < -0.3 is 14.9 Å². The van der Waals surface area contributed by atoms with Crippen molar-refractivity contribution in [3.8, 4) is 0 Å². The number of carbonyl (C=O) groups excluding carboxylic acids is 1. The largest absolute Gasteiger partial charge is 0.396 e. The molecule has 0 bridgehead atoms. The summed E-state index contributed by atoms with van der Waals surface area (Å²) in [5, 5.41) is 16.0. The molecule has 2 aliphatic carbocycles. The molecule has 0 saturated heterocycles. The van der Waals surface area contributed by atoms with Gasteiger partial charge in [-0.25, -0.2) is 0 Å². The van der Waals surface area contributed by atoms with Crippen LogP contribution in [0.25, 0.3) is 0 Å². The lowest BCUT2D eigenvalue weighted by atomic mass is 10.1. The van der Waals surface area contributed by atoms with Crippen molar-refractivity contribution in [3.05, 3.63) is 11.7 Å². The third-order valence-electron chi connectivity index (χ3n) is 4.17. The Morgan fingerprint density at radius 3 is 2.90 bits per heavy atom. The lowest BCUT2D eigenvalue weighted by molar-refractivity contribution is -0.121. The van der Waals surface area contributed by atoms with Crippen molar-refractivity contribution < 1.29 is 14.4 Å². The van der Waals surface area contributed by atoms with Gasteiger partial charge in [-0.2, -0.15) is 4.98 Å². The van der Waals surface area contributed by atoms with Crippen molar-refractivity contribution in [2.45, 2.75) is 50.9 Å². The standard InChI is InChI=1S/C14H21N3O3/c18-9-14(6-7-14)8-15-11(19)2-1-3-12-16-13(17-20-12)10-4-5-10/h10,18H,1-9H2,(H,15,19). The maximum absolute atomic E-state index is 11.7. The van der Waals surface area contributed by atoms with Crippen molar-refractivity contribution >= 4 is 5.91 Å². The molecular formula is C14H21N3O3. The summed E-state index contributed by atoms with van der Waals surface area (Å²) in [6.07, 6.45) is 6.17. The summed E-state index contributed by atoms with van der Waals surface area (Å²) in [6.45, 7) is 0.758. The summed E-state index contributed by atoms with van der Waals surface area (Å²) in [5.41, 5.74) is -0.0265. The van der Waals surface area contributed by atoms with Crippen molar-refractivity contribution in [3.63, 3.8) is 0 Å². The van der Waals surface area contributed by atoms with E-state index in [2.05, 4.69) is 15.5 Å². The minimum Gasteiger partial charge on any atom is -0.396 e. The van der Waals surface area contributed by atoms with E-state index in [0.717, 1.165) is 31.5 Å². The number of aryl methyl sites for hydroxylation is 1. The van der Waals surface area contributed by atoms with Gasteiger partial charge in [-0.3, -0.25) is 4.79 Å². The highest BCUT2D eigenvalue weighted by atomic mass is 16.5. The third-order valence-corrected chi connectivity index (χ3v) is 4.17. The maximum Gasteiger partial charge on any atom is 0.226 e. The molecule has 0 radical (unpaired) electrons. The Balaban J connectivity index is 1.33. The number of aliphatic hydroxyl groups is 1. The Bertz CT molecular complexity index is 478. The molecule has 1 aromatic rings. The summed E-state index contributed by atoms with van der Waals surface area (Å²) in [6, 6.07) is 0. The van der Waals surface area contributed by atoms with E-state index in [1.54, 1.807) is 0 Å². The average molecular weight is 279 g/mol. The van der Waals surface area contributed by atoms with Gasteiger partial charge in [0.1, 0.15) is 0 Å². The normalized spacial score (nSPS) is 19.9. The van der Waals surface area contributed by atoms with E-state index in [9.17, 15) is 4.79 Å². The predicted molar refractivity (Wildman–Crippen MR) is 71.0 cm³/mol. The van der Waals surface area contributed by atoms with Gasteiger partial charge in [-0.1, -0.05) is 5.16 Å². The van der Waals surface area contributed by atoms with E-state index in [-0.39, 0.29) is 17.9 Å². The van der Waals surface area contributed by atoms with Crippen LogP contribution in [0.15, 0.2) is 4.52 Å². The molecule has 0 spiro atoms. The first-order valence-corrected chi connectivity index (χ1v) is 7.41. The van der Waals surface area contributed by atoms with Gasteiger partial charge in [0, 0.05) is 30.7 Å². The fraction of sp³-hybridized carbons (Fsp3) is 0.786. The molecule has 2 N–H and O–H groups in total. The third kappa shape index (κ3) is 3.36. The molecule has 1 amide bonds. The van der Waals surface area contributed by atoms with E-state index in [4.69, 9.17) is 9.63 Å². The number of nitrogens with zero attached hydrogens (tertiary/aromatic N) is 2. The Labute approximate surface area is 117 Å². The number of rotatable bonds is 8. The quantitative estimate of drug-likeness (QED) is 0.745. The molecule has 0 unspecified atom stereocenters. The molecule has 1 aromatic heterocycles. The van der Waals surface area contributed by atoms with E-state index in [0.29, 0.717) is 37.6 Å². The Hall–Kier alpha value is -1.43. The predicted octanol–water partition coefficient (Wildman–Crippen LogP) is 1.16. The zero-order chi connectivity index (χ0) is 14.0. The van der Waals surface area contributed by atoms with Crippen molar-refractivity contribution in [1.29, 1.82) is 0 Å². The van der Waals surface area contributed by atoms with Crippen LogP contribution in [-0.4, -0.2) is 34.3 Å². The Kier molecular flexibility index (Phi) is 3.74. The van der Waals surface area contributed by atoms with Gasteiger partial charge in [-0.15, -0.1) is 0 Å². The molecule has 6 heteroatoms. The molecule has 2 aliphatic rings. The molecule has 0 aliphatic heterocycles. The van der Waals surface area contributed by atoms with Crippen molar-refractivity contribution in [2.75, 3.05) is 13.2 Å². The number of hydrogen-bond donors (Lipinski definition) is 2. The minimum atomic E-state index is -0.0265. The first-order valence-electron chi connectivity index (χ1n) is 7.41. The second-order valence-corrected chi connectivity index (χ2v) is 6.11. The lowest BCUT2D eigenvalue weighted by Crippen LogP contribution is -2.31. The summed E-state index contributed by atoms with van der Waals surface area (Å²) in [5.74, 6) is 1.99. The number of aliphatic hydroxyl groups excluding tert-OH is 1. The van der Waals surface area contributed by atoms with Gasteiger partial charge in [-0.05, 0) is 32.1 Å². The first kappa shape index (κ1) is 13.5. The van der Waals surface area contributed by atoms with E-state index >= 15 is 0 Å². The Morgan fingerprint density at radius 2 is 2.25 bits per heavy atom. The molecule has 110 valence electrons. The topological polar surface area (TPSA) is 88.2 Å². The second kappa shape index (κ2) is 5.52. The monoisotopic (exact) mass is 279 g/mol. The number of amides is 1. The fourth-order valence-corrected chi connectivity index (χ4v) is 2.22. The SMILES string of the molecule is O=C(CCCc1nc(C2CC2)no1)NCC1(CO)CC1. The van der Waals surface area contributed by atoms with Gasteiger partial charge in [0.25, 0.3) is 0 Å². The summed E-state index contributed by atoms with van der Waals surface area (Å²) < 4.78 is 5.16. The molecule has 0 aromatic carbocycles. The molecular weight excluding hydrogens is 258 g/mol. The molecule has 0 atom stereocenters. The molecule has 1 heterocycles. The zero-order valence-electron chi connectivity index (χ0n) is 11.6. The second-order valence-electron chi connectivity index (χ2n) is 6.11. The highest BCUT2D eigenvalue weighted by Crippen LogP contribution is 2.44. The average Bonchev–Trinajstić information content (AvgIpc) is 3.38. The summed E-state index contributed by atoms with van der Waals surface area (Å²) >= 11 is 0. The van der Waals surface area contributed by atoms with Crippen LogP contribution in [0, 0.1) is 5.41 Å². The van der Waals surface area contributed by atoms with E-state index in [1.807, 2.05) is 0 Å². The van der Waals surface area contributed by atoms with Gasteiger partial charge in [0.05, 0.1) is 6.61 Å². The smallest absolute Gasteiger partial charge is 0.226 e. The van der Waals surface area contributed by atoms with Crippen LogP contribution >= 0.6 is 0 Å². The molecule has 20 heavy (non-hydrogen) atoms. The number of hydrogen-bond acceptors (Lipinski definition) is 5. The van der Waals surface area contributed by atoms with Crippen molar-refractivity contribution in [2.24, 2.45) is 5.41 Å². The van der Waals surface area contributed by atoms with Crippen LogP contribution in [0.4, 0.5) is 0 Å². The van der Waals surface area contributed by atoms with Gasteiger partial charge in [0.2, 0.25) is 11.8 Å². The highest BCUT2D eigenvalue weighted by molar-refractivity contribution is 5.75. The van der Waals surface area contributed by atoms with Crippen LogP contribution < -0.4 is 5.32 Å². The molecule has 3 rings (SSSR count). The fourth-order valence-electron chi connectivity index (χ4n) is 2.22. The van der Waals surface area contributed by atoms with Crippen LogP contribution in [0.2, 0.25) is 0 Å². The summed E-state index contributed by atoms with van der Waals surface area (Å²) in [7, 11) is 0. The highest BCUT2D eigenvalue weighted by Gasteiger charge is 2.41. The maximum atomic E-state index is 11.7. The molecule has 2 saturated carbocycles. The number of aromatic nitrogens is 2. The number of nitrogens with one attached hydrogen (secondary N) is 1. The van der Waals surface area contributed by atoms with Crippen LogP contribution in [0.3, 0.4) is 0 Å². The van der Waals surface area contributed by atoms with Crippen LogP contribution in [0.5, 0.6) is 0 Å². The van der Waals surface area contributed by atoms with Crippen LogP contribution in [0.1, 0.15) is 56.2 Å². The van der Waals surface area contributed by atoms with Crippen LogP contribution in [-0.2, 0) is 11.2 Å². The number of carbonyl (C=O) groups is 1. The molecule has 2 fully saturated rings. The lowest BCUT2D eigenvalue weighted by Gasteiger charge is -2.12. The first-order chi connectivity index (χ1) is 9.71.